The smallest absolute Gasteiger partial charge is 0.408 e. The Morgan fingerprint density at radius 1 is 1.42 bits per heavy atom. The Labute approximate surface area is 114 Å². The molecule has 0 saturated carbocycles. The van der Waals surface area contributed by atoms with E-state index in [9.17, 15) is 4.79 Å². The second kappa shape index (κ2) is 5.21. The van der Waals surface area contributed by atoms with Crippen LogP contribution in [0.2, 0.25) is 0 Å². The summed E-state index contributed by atoms with van der Waals surface area (Å²) in [5.41, 5.74) is 1.74. The maximum Gasteiger partial charge on any atom is 0.408 e. The van der Waals surface area contributed by atoms with Crippen molar-refractivity contribution in [3.63, 3.8) is 0 Å². The SMILES string of the molecule is CC(NC(=O)OC(C)(C)C)c1ccccc1C1CO1. The molecular weight excluding hydrogens is 242 g/mol. The van der Waals surface area contributed by atoms with Gasteiger partial charge in [-0.2, -0.15) is 0 Å². The summed E-state index contributed by atoms with van der Waals surface area (Å²) in [5.74, 6) is 0. The number of carbonyl (C=O) groups excluding carboxylic acids is 1. The molecule has 2 atom stereocenters. The molecule has 1 amide bonds. The zero-order chi connectivity index (χ0) is 14.0. The van der Waals surface area contributed by atoms with Gasteiger partial charge < -0.3 is 14.8 Å². The van der Waals surface area contributed by atoms with Gasteiger partial charge in [0.2, 0.25) is 0 Å². The average Bonchev–Trinajstić information content (AvgIpc) is 3.09. The fraction of sp³-hybridized carbons (Fsp3) is 0.533. The molecule has 0 bridgehead atoms. The normalized spacial score (nSPS) is 19.7. The highest BCUT2D eigenvalue weighted by Gasteiger charge is 2.29. The largest absolute Gasteiger partial charge is 0.444 e. The lowest BCUT2D eigenvalue weighted by Crippen LogP contribution is -2.34. The molecule has 2 rings (SSSR count). The number of ether oxygens (including phenoxy) is 2. The number of hydrogen-bond acceptors (Lipinski definition) is 3. The first-order chi connectivity index (χ1) is 8.87. The van der Waals surface area contributed by atoms with E-state index in [1.54, 1.807) is 0 Å². The third-order valence-electron chi connectivity index (χ3n) is 2.88. The van der Waals surface area contributed by atoms with Crippen LogP contribution in [0.25, 0.3) is 0 Å². The Bertz CT molecular complexity index is 461. The third-order valence-corrected chi connectivity index (χ3v) is 2.88. The van der Waals surface area contributed by atoms with E-state index in [2.05, 4.69) is 5.32 Å². The van der Waals surface area contributed by atoms with Crippen LogP contribution >= 0.6 is 0 Å². The first-order valence-corrected chi connectivity index (χ1v) is 6.57. The number of benzene rings is 1. The summed E-state index contributed by atoms with van der Waals surface area (Å²) in [6.07, 6.45) is -0.217. The minimum Gasteiger partial charge on any atom is -0.444 e. The Morgan fingerprint density at radius 3 is 2.63 bits per heavy atom. The van der Waals surface area contributed by atoms with Gasteiger partial charge >= 0.3 is 6.09 Å². The van der Waals surface area contributed by atoms with E-state index in [0.717, 1.165) is 17.7 Å². The molecule has 1 aromatic carbocycles. The van der Waals surface area contributed by atoms with Gasteiger partial charge in [0.25, 0.3) is 0 Å². The van der Waals surface area contributed by atoms with Gasteiger partial charge in [-0.05, 0) is 38.8 Å². The number of hydrogen-bond donors (Lipinski definition) is 1. The first kappa shape index (κ1) is 13.9. The summed E-state index contributed by atoms with van der Waals surface area (Å²) in [5, 5.41) is 2.86. The van der Waals surface area contributed by atoms with Crippen LogP contribution in [0.4, 0.5) is 4.79 Å². The zero-order valence-electron chi connectivity index (χ0n) is 11.9. The lowest BCUT2D eigenvalue weighted by Gasteiger charge is -2.23. The van der Waals surface area contributed by atoms with Crippen LogP contribution in [0, 0.1) is 0 Å². The molecule has 4 heteroatoms. The molecule has 1 saturated heterocycles. The summed E-state index contributed by atoms with van der Waals surface area (Å²) >= 11 is 0. The number of carbonyl (C=O) groups is 1. The van der Waals surface area contributed by atoms with E-state index in [1.807, 2.05) is 52.0 Å². The quantitative estimate of drug-likeness (QED) is 0.851. The van der Waals surface area contributed by atoms with Crippen LogP contribution in [0.1, 0.15) is 51.0 Å². The summed E-state index contributed by atoms with van der Waals surface area (Å²) in [6, 6.07) is 7.91. The highest BCUT2D eigenvalue weighted by atomic mass is 16.6. The van der Waals surface area contributed by atoms with Gasteiger partial charge in [0.1, 0.15) is 11.7 Å². The van der Waals surface area contributed by atoms with Crippen molar-refractivity contribution in [3.8, 4) is 0 Å². The molecule has 1 aliphatic rings. The Morgan fingerprint density at radius 2 is 2.05 bits per heavy atom. The second-order valence-electron chi connectivity index (χ2n) is 5.82. The Kier molecular flexibility index (Phi) is 3.80. The molecular formula is C15H21NO3. The van der Waals surface area contributed by atoms with Gasteiger partial charge in [-0.1, -0.05) is 24.3 Å². The van der Waals surface area contributed by atoms with Crippen LogP contribution in [-0.2, 0) is 9.47 Å². The molecule has 4 nitrogen and oxygen atoms in total. The van der Waals surface area contributed by atoms with E-state index in [4.69, 9.17) is 9.47 Å². The number of epoxide rings is 1. The number of alkyl carbamates (subject to hydrolysis) is 1. The predicted molar refractivity (Wildman–Crippen MR) is 72.9 cm³/mol. The standard InChI is InChI=1S/C15H21NO3/c1-10(16-14(17)19-15(2,3)4)11-7-5-6-8-12(11)13-9-18-13/h5-8,10,13H,9H2,1-4H3,(H,16,17). The molecule has 19 heavy (non-hydrogen) atoms. The highest BCUT2D eigenvalue weighted by molar-refractivity contribution is 5.68. The molecule has 0 aliphatic carbocycles. The van der Waals surface area contributed by atoms with Crippen molar-refractivity contribution in [1.29, 1.82) is 0 Å². The summed E-state index contributed by atoms with van der Waals surface area (Å²) in [4.78, 5) is 11.8. The molecule has 1 aromatic rings. The maximum absolute atomic E-state index is 11.8. The van der Waals surface area contributed by atoms with Crippen molar-refractivity contribution in [2.75, 3.05) is 6.61 Å². The molecule has 2 unspecified atom stereocenters. The van der Waals surface area contributed by atoms with Crippen molar-refractivity contribution in [3.05, 3.63) is 35.4 Å². The minimum atomic E-state index is -0.483. The first-order valence-electron chi connectivity index (χ1n) is 6.57. The van der Waals surface area contributed by atoms with Gasteiger partial charge in [0, 0.05) is 0 Å². The lowest BCUT2D eigenvalue weighted by molar-refractivity contribution is 0.0507. The van der Waals surface area contributed by atoms with Crippen LogP contribution in [0.3, 0.4) is 0 Å². The van der Waals surface area contributed by atoms with Gasteiger partial charge in [0.05, 0.1) is 12.6 Å². The van der Waals surface area contributed by atoms with Crippen molar-refractivity contribution >= 4 is 6.09 Å². The van der Waals surface area contributed by atoms with Gasteiger partial charge in [-0.3, -0.25) is 0 Å². The topological polar surface area (TPSA) is 50.9 Å². The Balaban J connectivity index is 2.03. The third kappa shape index (κ3) is 3.96. The van der Waals surface area contributed by atoms with Crippen molar-refractivity contribution in [2.24, 2.45) is 0 Å². The molecule has 1 N–H and O–H groups in total. The van der Waals surface area contributed by atoms with Gasteiger partial charge in [-0.25, -0.2) is 4.79 Å². The van der Waals surface area contributed by atoms with Crippen molar-refractivity contribution in [2.45, 2.75) is 45.4 Å². The van der Waals surface area contributed by atoms with Crippen molar-refractivity contribution in [1.82, 2.24) is 5.32 Å². The fourth-order valence-corrected chi connectivity index (χ4v) is 1.99. The van der Waals surface area contributed by atoms with E-state index < -0.39 is 11.7 Å². The summed E-state index contributed by atoms with van der Waals surface area (Å²) < 4.78 is 10.6. The van der Waals surface area contributed by atoms with Crippen LogP contribution in [0.5, 0.6) is 0 Å². The van der Waals surface area contributed by atoms with E-state index in [1.165, 1.54) is 0 Å². The second-order valence-corrected chi connectivity index (χ2v) is 5.82. The zero-order valence-corrected chi connectivity index (χ0v) is 11.9. The number of amides is 1. The monoisotopic (exact) mass is 263 g/mol. The van der Waals surface area contributed by atoms with E-state index >= 15 is 0 Å². The Hall–Kier alpha value is -1.55. The lowest BCUT2D eigenvalue weighted by atomic mass is 9.99. The fourth-order valence-electron chi connectivity index (χ4n) is 1.99. The molecule has 0 aromatic heterocycles. The molecule has 0 spiro atoms. The number of nitrogens with one attached hydrogen (secondary N) is 1. The highest BCUT2D eigenvalue weighted by Crippen LogP contribution is 2.34. The van der Waals surface area contributed by atoms with Gasteiger partial charge in [0.15, 0.2) is 0 Å². The van der Waals surface area contributed by atoms with Crippen LogP contribution in [0.15, 0.2) is 24.3 Å². The van der Waals surface area contributed by atoms with E-state index in [-0.39, 0.29) is 12.1 Å². The predicted octanol–water partition coefficient (Wildman–Crippen LogP) is 3.34. The van der Waals surface area contributed by atoms with Crippen LogP contribution < -0.4 is 5.32 Å². The van der Waals surface area contributed by atoms with Crippen molar-refractivity contribution < 1.29 is 14.3 Å². The molecule has 1 aliphatic heterocycles. The van der Waals surface area contributed by atoms with Crippen LogP contribution in [-0.4, -0.2) is 18.3 Å². The summed E-state index contributed by atoms with van der Waals surface area (Å²) in [7, 11) is 0. The number of rotatable bonds is 3. The molecule has 1 heterocycles. The maximum atomic E-state index is 11.8. The van der Waals surface area contributed by atoms with E-state index in [0.29, 0.717) is 0 Å². The van der Waals surface area contributed by atoms with Gasteiger partial charge in [-0.15, -0.1) is 0 Å². The molecule has 1 fully saturated rings. The summed E-state index contributed by atoms with van der Waals surface area (Å²) in [6.45, 7) is 8.26. The molecule has 104 valence electrons. The molecule has 0 radical (unpaired) electrons. The minimum absolute atomic E-state index is 0.102. The average molecular weight is 263 g/mol.